The van der Waals surface area contributed by atoms with Crippen molar-refractivity contribution in [1.29, 1.82) is 0 Å². The number of hydrogen-bond donors (Lipinski definition) is 2. The molecule has 0 aliphatic carbocycles. The quantitative estimate of drug-likeness (QED) is 0.529. The van der Waals surface area contributed by atoms with Crippen molar-refractivity contribution in [3.8, 4) is 5.75 Å². The van der Waals surface area contributed by atoms with E-state index in [0.717, 1.165) is 34.3 Å². The normalized spacial score (nSPS) is 12.1. The van der Waals surface area contributed by atoms with Gasteiger partial charge in [-0.25, -0.2) is 4.98 Å². The fourth-order valence-corrected chi connectivity index (χ4v) is 3.48. The fraction of sp³-hybridized carbons (Fsp3) is 0.167. The van der Waals surface area contributed by atoms with Crippen LogP contribution in [0.4, 0.5) is 5.82 Å². The van der Waals surface area contributed by atoms with E-state index >= 15 is 0 Å². The first kappa shape index (κ1) is 18.0. The summed E-state index contributed by atoms with van der Waals surface area (Å²) in [5.74, 6) is 1.10. The van der Waals surface area contributed by atoms with E-state index in [2.05, 4.69) is 59.5 Å². The van der Waals surface area contributed by atoms with E-state index in [1.165, 1.54) is 5.56 Å². The SMILES string of the molecule is CCc1ccc([C@H](Nc2cc(C)cc[nH+]2)c2ccc3cccnc3c2O)cc1. The molecule has 28 heavy (non-hydrogen) atoms. The lowest BCUT2D eigenvalue weighted by Gasteiger charge is -2.18. The molecule has 0 aliphatic heterocycles. The molecule has 0 amide bonds. The van der Waals surface area contributed by atoms with Gasteiger partial charge in [0.15, 0.2) is 0 Å². The van der Waals surface area contributed by atoms with Gasteiger partial charge in [0.05, 0.1) is 6.20 Å². The van der Waals surface area contributed by atoms with E-state index in [1.807, 2.05) is 36.5 Å². The Hall–Kier alpha value is -3.40. The van der Waals surface area contributed by atoms with Gasteiger partial charge in [-0.15, -0.1) is 0 Å². The summed E-state index contributed by atoms with van der Waals surface area (Å²) in [6, 6.07) is 20.2. The summed E-state index contributed by atoms with van der Waals surface area (Å²) in [4.78, 5) is 7.63. The lowest BCUT2D eigenvalue weighted by atomic mass is 9.95. The number of benzene rings is 2. The van der Waals surface area contributed by atoms with Gasteiger partial charge in [-0.1, -0.05) is 43.3 Å². The maximum atomic E-state index is 11.0. The average molecular weight is 370 g/mol. The molecule has 1 atom stereocenters. The van der Waals surface area contributed by atoms with Crippen LogP contribution in [-0.4, -0.2) is 10.1 Å². The van der Waals surface area contributed by atoms with Gasteiger partial charge in [0.2, 0.25) is 0 Å². The number of aromatic hydroxyl groups is 1. The molecule has 0 saturated carbocycles. The van der Waals surface area contributed by atoms with Gasteiger partial charge < -0.3 is 5.11 Å². The van der Waals surface area contributed by atoms with Crippen LogP contribution in [0.5, 0.6) is 5.75 Å². The van der Waals surface area contributed by atoms with E-state index in [-0.39, 0.29) is 11.8 Å². The number of nitrogens with one attached hydrogen (secondary N) is 2. The summed E-state index contributed by atoms with van der Waals surface area (Å²) >= 11 is 0. The van der Waals surface area contributed by atoms with E-state index in [1.54, 1.807) is 6.20 Å². The molecule has 0 spiro atoms. The highest BCUT2D eigenvalue weighted by atomic mass is 16.3. The Morgan fingerprint density at radius 1 is 1.07 bits per heavy atom. The third-order valence-electron chi connectivity index (χ3n) is 5.07. The van der Waals surface area contributed by atoms with Crippen molar-refractivity contribution in [2.75, 3.05) is 5.32 Å². The second kappa shape index (κ2) is 7.69. The summed E-state index contributed by atoms with van der Waals surface area (Å²) in [5.41, 5.74) is 4.94. The number of pyridine rings is 2. The molecule has 3 N–H and O–H groups in total. The Kier molecular flexibility index (Phi) is 4.94. The van der Waals surface area contributed by atoms with Crippen LogP contribution in [-0.2, 0) is 6.42 Å². The maximum Gasteiger partial charge on any atom is 0.273 e. The second-order valence-electron chi connectivity index (χ2n) is 7.03. The van der Waals surface area contributed by atoms with Gasteiger partial charge in [0.25, 0.3) is 5.82 Å². The van der Waals surface area contributed by atoms with Crippen molar-refractivity contribution in [1.82, 2.24) is 4.98 Å². The first-order valence-electron chi connectivity index (χ1n) is 9.56. The number of nitrogens with zero attached hydrogens (tertiary/aromatic N) is 1. The third-order valence-corrected chi connectivity index (χ3v) is 5.07. The Morgan fingerprint density at radius 2 is 1.89 bits per heavy atom. The summed E-state index contributed by atoms with van der Waals surface area (Å²) < 4.78 is 0. The highest BCUT2D eigenvalue weighted by molar-refractivity contribution is 5.85. The molecule has 4 heteroatoms. The van der Waals surface area contributed by atoms with Gasteiger partial charge in [0, 0.05) is 28.8 Å². The van der Waals surface area contributed by atoms with Crippen molar-refractivity contribution < 1.29 is 10.1 Å². The molecule has 2 aromatic heterocycles. The lowest BCUT2D eigenvalue weighted by molar-refractivity contribution is -0.361. The third kappa shape index (κ3) is 3.54. The van der Waals surface area contributed by atoms with Gasteiger partial charge in [0.1, 0.15) is 17.3 Å². The Morgan fingerprint density at radius 3 is 2.64 bits per heavy atom. The monoisotopic (exact) mass is 370 g/mol. The standard InChI is InChI=1S/C24H23N3O/c1-3-17-6-8-19(9-7-17)22(27-21-15-16(2)12-14-25-21)20-11-10-18-5-4-13-26-23(18)24(20)28/h4-15,22,28H,3H2,1-2H3,(H,25,27)/p+1/t22-/m0/s1. The minimum Gasteiger partial charge on any atom is -0.505 e. The number of fused-ring (bicyclic) bond motifs is 1. The van der Waals surface area contributed by atoms with Gasteiger partial charge in [-0.05, 0) is 42.7 Å². The zero-order valence-electron chi connectivity index (χ0n) is 16.1. The van der Waals surface area contributed by atoms with Gasteiger partial charge >= 0.3 is 0 Å². The van der Waals surface area contributed by atoms with Crippen molar-refractivity contribution in [2.24, 2.45) is 0 Å². The first-order valence-corrected chi connectivity index (χ1v) is 9.56. The van der Waals surface area contributed by atoms with Crippen LogP contribution in [0.25, 0.3) is 10.9 Å². The molecule has 0 radical (unpaired) electrons. The maximum absolute atomic E-state index is 11.0. The van der Waals surface area contributed by atoms with Gasteiger partial charge in [-0.2, -0.15) is 0 Å². The molecule has 4 rings (SSSR count). The molecule has 140 valence electrons. The fourth-order valence-electron chi connectivity index (χ4n) is 3.48. The van der Waals surface area contributed by atoms with Crippen molar-refractivity contribution >= 4 is 16.7 Å². The molecular weight excluding hydrogens is 346 g/mol. The number of rotatable bonds is 5. The van der Waals surface area contributed by atoms with E-state index in [9.17, 15) is 5.11 Å². The Balaban J connectivity index is 1.83. The molecule has 0 aliphatic rings. The topological polar surface area (TPSA) is 59.3 Å². The molecule has 4 nitrogen and oxygen atoms in total. The molecule has 0 bridgehead atoms. The van der Waals surface area contributed by atoms with Gasteiger partial charge in [-0.3, -0.25) is 10.3 Å². The molecule has 0 fully saturated rings. The zero-order valence-corrected chi connectivity index (χ0v) is 16.1. The molecule has 4 aromatic rings. The minimum absolute atomic E-state index is 0.211. The van der Waals surface area contributed by atoms with Crippen LogP contribution in [0.3, 0.4) is 0 Å². The van der Waals surface area contributed by atoms with Crippen LogP contribution >= 0.6 is 0 Å². The highest BCUT2D eigenvalue weighted by Crippen LogP contribution is 2.36. The summed E-state index contributed by atoms with van der Waals surface area (Å²) in [6.07, 6.45) is 4.62. The molecule has 0 unspecified atom stereocenters. The van der Waals surface area contributed by atoms with Crippen molar-refractivity contribution in [3.05, 3.63) is 95.3 Å². The van der Waals surface area contributed by atoms with E-state index < -0.39 is 0 Å². The van der Waals surface area contributed by atoms with E-state index in [4.69, 9.17) is 0 Å². The number of hydrogen-bond acceptors (Lipinski definition) is 3. The van der Waals surface area contributed by atoms with Crippen LogP contribution in [0.1, 0.15) is 35.2 Å². The van der Waals surface area contributed by atoms with Crippen molar-refractivity contribution in [2.45, 2.75) is 26.3 Å². The lowest BCUT2D eigenvalue weighted by Crippen LogP contribution is -2.19. The second-order valence-corrected chi connectivity index (χ2v) is 7.03. The Bertz CT molecular complexity index is 1110. The number of H-pyrrole nitrogens is 1. The predicted molar refractivity (Wildman–Crippen MR) is 112 cm³/mol. The van der Waals surface area contributed by atoms with Crippen LogP contribution < -0.4 is 10.3 Å². The minimum atomic E-state index is -0.213. The molecule has 2 heterocycles. The number of aryl methyl sites for hydroxylation is 2. The van der Waals surface area contributed by atoms with Crippen LogP contribution in [0.15, 0.2) is 73.1 Å². The molecule has 0 saturated heterocycles. The largest absolute Gasteiger partial charge is 0.505 e. The summed E-state index contributed by atoms with van der Waals surface area (Å²) in [5, 5.41) is 15.5. The molecule has 2 aromatic carbocycles. The Labute approximate surface area is 164 Å². The number of aromatic amines is 1. The predicted octanol–water partition coefficient (Wildman–Crippen LogP) is 4.83. The number of aromatic nitrogens is 2. The summed E-state index contributed by atoms with van der Waals surface area (Å²) in [6.45, 7) is 4.20. The number of phenols is 1. The highest BCUT2D eigenvalue weighted by Gasteiger charge is 2.24. The number of anilines is 1. The first-order chi connectivity index (χ1) is 13.7. The van der Waals surface area contributed by atoms with Crippen molar-refractivity contribution in [3.63, 3.8) is 0 Å². The van der Waals surface area contributed by atoms with Crippen LogP contribution in [0, 0.1) is 6.92 Å². The zero-order chi connectivity index (χ0) is 19.5. The van der Waals surface area contributed by atoms with E-state index in [0.29, 0.717) is 5.52 Å². The summed E-state index contributed by atoms with van der Waals surface area (Å²) in [7, 11) is 0. The van der Waals surface area contributed by atoms with Crippen LogP contribution in [0.2, 0.25) is 0 Å². The number of phenolic OH excluding ortho intramolecular Hbond substituents is 1. The average Bonchev–Trinajstić information content (AvgIpc) is 2.73. The molecular formula is C24H24N3O+. The smallest absolute Gasteiger partial charge is 0.273 e.